The van der Waals surface area contributed by atoms with Gasteiger partial charge in [0.1, 0.15) is 5.75 Å². The molecule has 1 heterocycles. The molecule has 16 heavy (non-hydrogen) atoms. The molecule has 82 valence electrons. The van der Waals surface area contributed by atoms with Gasteiger partial charge in [-0.25, -0.2) is 0 Å². The first kappa shape index (κ1) is 9.67. The molecule has 0 spiro atoms. The fourth-order valence-corrected chi connectivity index (χ4v) is 2.44. The lowest BCUT2D eigenvalue weighted by atomic mass is 10.0. The van der Waals surface area contributed by atoms with Crippen LogP contribution in [0.15, 0.2) is 36.4 Å². The van der Waals surface area contributed by atoms with Crippen molar-refractivity contribution >= 4 is 10.8 Å². The van der Waals surface area contributed by atoms with Gasteiger partial charge in [-0.2, -0.15) is 0 Å². The van der Waals surface area contributed by atoms with Crippen LogP contribution < -0.4 is 5.32 Å². The third kappa shape index (κ3) is 1.65. The van der Waals surface area contributed by atoms with Crippen LogP contribution in [-0.4, -0.2) is 11.7 Å². The second kappa shape index (κ2) is 3.80. The molecule has 1 atom stereocenters. The second-order valence-corrected chi connectivity index (χ2v) is 4.44. The average molecular weight is 213 g/mol. The van der Waals surface area contributed by atoms with Crippen LogP contribution in [0, 0.1) is 0 Å². The zero-order valence-electron chi connectivity index (χ0n) is 9.11. The molecule has 2 aromatic carbocycles. The molecule has 0 amide bonds. The highest BCUT2D eigenvalue weighted by molar-refractivity contribution is 5.84. The molecule has 3 rings (SSSR count). The van der Waals surface area contributed by atoms with E-state index >= 15 is 0 Å². The molecule has 0 bridgehead atoms. The lowest BCUT2D eigenvalue weighted by Crippen LogP contribution is -2.12. The normalized spacial score (nSPS) is 20.4. The maximum absolute atomic E-state index is 9.40. The number of hydrogen-bond donors (Lipinski definition) is 2. The van der Waals surface area contributed by atoms with Gasteiger partial charge in [0.2, 0.25) is 0 Å². The van der Waals surface area contributed by atoms with Gasteiger partial charge in [0.15, 0.2) is 0 Å². The van der Waals surface area contributed by atoms with Gasteiger partial charge in [-0.3, -0.25) is 0 Å². The number of hydrogen-bond acceptors (Lipinski definition) is 2. The third-order valence-electron chi connectivity index (χ3n) is 3.31. The number of fused-ring (bicyclic) bond motifs is 1. The summed E-state index contributed by atoms with van der Waals surface area (Å²) in [5.41, 5.74) is 1.36. The summed E-state index contributed by atoms with van der Waals surface area (Å²) in [6.45, 7) is 1.12. The molecule has 0 radical (unpaired) electrons. The van der Waals surface area contributed by atoms with Gasteiger partial charge in [-0.05, 0) is 53.9 Å². The highest BCUT2D eigenvalue weighted by atomic mass is 16.3. The Balaban J connectivity index is 2.05. The average Bonchev–Trinajstić information content (AvgIpc) is 2.82. The minimum absolute atomic E-state index is 0.333. The van der Waals surface area contributed by atoms with Crippen LogP contribution in [0.3, 0.4) is 0 Å². The van der Waals surface area contributed by atoms with Gasteiger partial charge < -0.3 is 10.4 Å². The number of rotatable bonds is 1. The summed E-state index contributed by atoms with van der Waals surface area (Å²) in [5, 5.41) is 15.2. The molecule has 1 fully saturated rings. The number of nitrogens with one attached hydrogen (secondary N) is 1. The first-order chi connectivity index (χ1) is 7.83. The maximum atomic E-state index is 9.40. The van der Waals surface area contributed by atoms with Gasteiger partial charge in [0, 0.05) is 6.04 Å². The Kier molecular flexibility index (Phi) is 2.29. The Morgan fingerprint density at radius 2 is 1.88 bits per heavy atom. The number of phenolic OH excluding ortho intramolecular Hbond substituents is 1. The van der Waals surface area contributed by atoms with Crippen LogP contribution in [0.25, 0.3) is 10.8 Å². The number of aromatic hydroxyl groups is 1. The van der Waals surface area contributed by atoms with Crippen molar-refractivity contribution in [2.24, 2.45) is 0 Å². The quantitative estimate of drug-likeness (QED) is 0.763. The third-order valence-corrected chi connectivity index (χ3v) is 3.31. The Labute approximate surface area is 94.9 Å². The van der Waals surface area contributed by atoms with E-state index in [-0.39, 0.29) is 0 Å². The van der Waals surface area contributed by atoms with E-state index in [1.807, 2.05) is 6.07 Å². The van der Waals surface area contributed by atoms with Crippen molar-refractivity contribution in [2.75, 3.05) is 6.54 Å². The Hall–Kier alpha value is -1.54. The maximum Gasteiger partial charge on any atom is 0.116 e. The zero-order chi connectivity index (χ0) is 11.0. The summed E-state index contributed by atoms with van der Waals surface area (Å²) < 4.78 is 0. The van der Waals surface area contributed by atoms with Crippen LogP contribution in [0.5, 0.6) is 5.75 Å². The van der Waals surface area contributed by atoms with Crippen LogP contribution in [0.2, 0.25) is 0 Å². The summed E-state index contributed by atoms with van der Waals surface area (Å²) in [6.07, 6.45) is 2.49. The summed E-state index contributed by atoms with van der Waals surface area (Å²) in [5.74, 6) is 0.333. The van der Waals surface area contributed by atoms with Crippen molar-refractivity contribution in [3.05, 3.63) is 42.0 Å². The predicted molar refractivity (Wildman–Crippen MR) is 65.6 cm³/mol. The van der Waals surface area contributed by atoms with E-state index in [2.05, 4.69) is 23.5 Å². The number of phenols is 1. The van der Waals surface area contributed by atoms with E-state index < -0.39 is 0 Å². The van der Waals surface area contributed by atoms with E-state index in [1.54, 1.807) is 12.1 Å². The monoisotopic (exact) mass is 213 g/mol. The largest absolute Gasteiger partial charge is 0.508 e. The predicted octanol–water partition coefficient (Wildman–Crippen LogP) is 2.97. The summed E-state index contributed by atoms with van der Waals surface area (Å²) >= 11 is 0. The van der Waals surface area contributed by atoms with E-state index in [0.29, 0.717) is 11.8 Å². The van der Waals surface area contributed by atoms with Crippen molar-refractivity contribution in [3.8, 4) is 5.75 Å². The van der Waals surface area contributed by atoms with E-state index in [0.717, 1.165) is 11.9 Å². The zero-order valence-corrected chi connectivity index (χ0v) is 9.11. The topological polar surface area (TPSA) is 32.3 Å². The smallest absolute Gasteiger partial charge is 0.116 e. The van der Waals surface area contributed by atoms with Crippen LogP contribution >= 0.6 is 0 Å². The van der Waals surface area contributed by atoms with Crippen LogP contribution in [-0.2, 0) is 0 Å². The molecule has 0 aromatic heterocycles. The van der Waals surface area contributed by atoms with Crippen molar-refractivity contribution in [3.63, 3.8) is 0 Å². The van der Waals surface area contributed by atoms with E-state index in [1.165, 1.54) is 23.8 Å². The standard InChI is InChI=1S/C14H15NO/c16-13-6-5-10-8-12(4-3-11(10)9-13)14-2-1-7-15-14/h3-6,8-9,14-16H,1-2,7H2/t14-/m0/s1. The van der Waals surface area contributed by atoms with Crippen molar-refractivity contribution in [1.82, 2.24) is 5.32 Å². The summed E-state index contributed by atoms with van der Waals surface area (Å²) in [7, 11) is 0. The molecular weight excluding hydrogens is 198 g/mol. The van der Waals surface area contributed by atoms with Crippen molar-refractivity contribution in [2.45, 2.75) is 18.9 Å². The van der Waals surface area contributed by atoms with Gasteiger partial charge in [-0.15, -0.1) is 0 Å². The Morgan fingerprint density at radius 1 is 1.06 bits per heavy atom. The van der Waals surface area contributed by atoms with Crippen molar-refractivity contribution < 1.29 is 5.11 Å². The first-order valence-electron chi connectivity index (χ1n) is 5.79. The molecule has 2 aromatic rings. The highest BCUT2D eigenvalue weighted by Gasteiger charge is 2.15. The van der Waals surface area contributed by atoms with Gasteiger partial charge in [0.05, 0.1) is 0 Å². The SMILES string of the molecule is Oc1ccc2cc([C@@H]3CCCN3)ccc2c1. The van der Waals surface area contributed by atoms with E-state index in [9.17, 15) is 5.11 Å². The summed E-state index contributed by atoms with van der Waals surface area (Å²) in [4.78, 5) is 0. The second-order valence-electron chi connectivity index (χ2n) is 4.44. The van der Waals surface area contributed by atoms with Gasteiger partial charge >= 0.3 is 0 Å². The molecular formula is C14H15NO. The highest BCUT2D eigenvalue weighted by Crippen LogP contribution is 2.27. The molecule has 0 unspecified atom stereocenters. The first-order valence-corrected chi connectivity index (χ1v) is 5.79. The molecule has 0 saturated carbocycles. The molecule has 1 aliphatic heterocycles. The number of benzene rings is 2. The molecule has 1 aliphatic rings. The molecule has 0 aliphatic carbocycles. The fraction of sp³-hybridized carbons (Fsp3) is 0.286. The Morgan fingerprint density at radius 3 is 2.69 bits per heavy atom. The Bertz CT molecular complexity index is 515. The lowest BCUT2D eigenvalue weighted by molar-refractivity contribution is 0.476. The molecule has 2 heteroatoms. The van der Waals surface area contributed by atoms with Crippen LogP contribution in [0.4, 0.5) is 0 Å². The van der Waals surface area contributed by atoms with Gasteiger partial charge in [-0.1, -0.05) is 18.2 Å². The minimum atomic E-state index is 0.333. The van der Waals surface area contributed by atoms with E-state index in [4.69, 9.17) is 0 Å². The fourth-order valence-electron chi connectivity index (χ4n) is 2.44. The van der Waals surface area contributed by atoms with Crippen LogP contribution in [0.1, 0.15) is 24.4 Å². The molecule has 2 nitrogen and oxygen atoms in total. The summed E-state index contributed by atoms with van der Waals surface area (Å²) in [6, 6.07) is 12.5. The molecule has 2 N–H and O–H groups in total. The minimum Gasteiger partial charge on any atom is -0.508 e. The van der Waals surface area contributed by atoms with Crippen molar-refractivity contribution in [1.29, 1.82) is 0 Å². The lowest BCUT2D eigenvalue weighted by Gasteiger charge is -2.11. The molecule has 1 saturated heterocycles. The van der Waals surface area contributed by atoms with Gasteiger partial charge in [0.25, 0.3) is 0 Å².